The molecule has 26 heavy (non-hydrogen) atoms. The molecule has 7 nitrogen and oxygen atoms in total. The van der Waals surface area contributed by atoms with Crippen LogP contribution in [-0.4, -0.2) is 75.5 Å². The number of hydrogen-bond acceptors (Lipinski definition) is 7. The maximum absolute atomic E-state index is 11.9. The van der Waals surface area contributed by atoms with Gasteiger partial charge in [0, 0.05) is 51.0 Å². The van der Waals surface area contributed by atoms with Crippen molar-refractivity contribution < 1.29 is 13.2 Å². The van der Waals surface area contributed by atoms with Gasteiger partial charge in [0.2, 0.25) is 0 Å². The molecular formula is C18H26N4O3S. The minimum absolute atomic E-state index is 0.298. The molecule has 0 saturated carbocycles. The lowest BCUT2D eigenvalue weighted by Gasteiger charge is -2.41. The predicted molar refractivity (Wildman–Crippen MR) is 102 cm³/mol. The Bertz CT molecular complexity index is 872. The third kappa shape index (κ3) is 3.97. The van der Waals surface area contributed by atoms with E-state index in [0.29, 0.717) is 10.9 Å². The van der Waals surface area contributed by atoms with Crippen LogP contribution < -0.4 is 4.90 Å². The molecule has 0 aliphatic carbocycles. The number of fused-ring (bicyclic) bond motifs is 1. The Labute approximate surface area is 154 Å². The first-order chi connectivity index (χ1) is 12.4. The lowest BCUT2D eigenvalue weighted by atomic mass is 10.1. The molecule has 0 spiro atoms. The van der Waals surface area contributed by atoms with Crippen molar-refractivity contribution in [3.05, 3.63) is 24.5 Å². The van der Waals surface area contributed by atoms with Crippen LogP contribution in [0.2, 0.25) is 0 Å². The van der Waals surface area contributed by atoms with Crippen molar-refractivity contribution in [3.63, 3.8) is 0 Å². The summed E-state index contributed by atoms with van der Waals surface area (Å²) in [6.45, 7) is 6.47. The van der Waals surface area contributed by atoms with Gasteiger partial charge in [0.05, 0.1) is 17.0 Å². The number of hydrogen-bond donors (Lipinski definition) is 0. The number of nitrogens with zero attached hydrogens (tertiary/aromatic N) is 4. The summed E-state index contributed by atoms with van der Waals surface area (Å²) in [6.07, 6.45) is 3.81. The van der Waals surface area contributed by atoms with Crippen molar-refractivity contribution in [1.29, 1.82) is 0 Å². The van der Waals surface area contributed by atoms with Crippen molar-refractivity contribution in [1.82, 2.24) is 14.9 Å². The van der Waals surface area contributed by atoms with Gasteiger partial charge in [-0.3, -0.25) is 4.90 Å². The molecule has 1 aliphatic heterocycles. The lowest BCUT2D eigenvalue weighted by molar-refractivity contribution is 0.109. The third-order valence-corrected chi connectivity index (χ3v) is 6.08. The van der Waals surface area contributed by atoms with E-state index in [0.717, 1.165) is 55.9 Å². The molecule has 3 rings (SSSR count). The predicted octanol–water partition coefficient (Wildman–Crippen LogP) is 1.58. The zero-order chi connectivity index (χ0) is 18.7. The summed E-state index contributed by atoms with van der Waals surface area (Å²) >= 11 is 0. The summed E-state index contributed by atoms with van der Waals surface area (Å²) in [5, 5.41) is 0.788. The molecule has 0 N–H and O–H groups in total. The van der Waals surface area contributed by atoms with Crippen molar-refractivity contribution >= 4 is 26.6 Å². The number of sulfone groups is 1. The summed E-state index contributed by atoms with van der Waals surface area (Å²) in [4.78, 5) is 13.8. The normalized spacial score (nSPS) is 19.2. The van der Waals surface area contributed by atoms with Gasteiger partial charge in [-0.1, -0.05) is 6.92 Å². The van der Waals surface area contributed by atoms with E-state index in [4.69, 9.17) is 4.74 Å². The minimum Gasteiger partial charge on any atom is -0.383 e. The van der Waals surface area contributed by atoms with Crippen molar-refractivity contribution in [3.8, 4) is 0 Å². The van der Waals surface area contributed by atoms with Crippen molar-refractivity contribution in [2.45, 2.75) is 24.3 Å². The van der Waals surface area contributed by atoms with Gasteiger partial charge in [0.1, 0.15) is 12.1 Å². The molecule has 1 fully saturated rings. The van der Waals surface area contributed by atoms with Gasteiger partial charge in [-0.25, -0.2) is 18.4 Å². The van der Waals surface area contributed by atoms with Gasteiger partial charge in [-0.2, -0.15) is 0 Å². The first kappa shape index (κ1) is 19.0. The first-order valence-electron chi connectivity index (χ1n) is 8.86. The van der Waals surface area contributed by atoms with Gasteiger partial charge < -0.3 is 9.64 Å². The summed E-state index contributed by atoms with van der Waals surface area (Å²) < 4.78 is 29.1. The quantitative estimate of drug-likeness (QED) is 0.755. The van der Waals surface area contributed by atoms with Gasteiger partial charge in [0.15, 0.2) is 9.84 Å². The Morgan fingerprint density at radius 1 is 1.27 bits per heavy atom. The van der Waals surface area contributed by atoms with Crippen LogP contribution in [0.1, 0.15) is 13.3 Å². The zero-order valence-corrected chi connectivity index (χ0v) is 16.4. The van der Waals surface area contributed by atoms with Gasteiger partial charge in [-0.15, -0.1) is 0 Å². The highest BCUT2D eigenvalue weighted by molar-refractivity contribution is 7.90. The van der Waals surface area contributed by atoms with Gasteiger partial charge in [0.25, 0.3) is 0 Å². The van der Waals surface area contributed by atoms with E-state index in [1.165, 1.54) is 6.26 Å². The Balaban J connectivity index is 1.93. The van der Waals surface area contributed by atoms with Gasteiger partial charge >= 0.3 is 0 Å². The summed E-state index contributed by atoms with van der Waals surface area (Å²) in [6, 6.07) is 5.47. The van der Waals surface area contributed by atoms with E-state index in [-0.39, 0.29) is 0 Å². The van der Waals surface area contributed by atoms with E-state index < -0.39 is 9.84 Å². The average Bonchev–Trinajstić information content (AvgIpc) is 2.64. The molecule has 1 unspecified atom stereocenters. The standard InChI is InChI=1S/C18H26N4O3S/c1-4-14-12-22(8-7-21(14)9-10-25-2)18-16-11-15(26(3,23)24)5-6-17(16)19-13-20-18/h5-6,11,13-14H,4,7-10,12H2,1-3H3. The Morgan fingerprint density at radius 2 is 2.08 bits per heavy atom. The SMILES string of the molecule is CCC1CN(c2ncnc3ccc(S(C)(=O)=O)cc23)CCN1CCOC. The highest BCUT2D eigenvalue weighted by Crippen LogP contribution is 2.28. The number of aromatic nitrogens is 2. The summed E-state index contributed by atoms with van der Waals surface area (Å²) in [5.41, 5.74) is 0.761. The third-order valence-electron chi connectivity index (χ3n) is 4.97. The summed E-state index contributed by atoms with van der Waals surface area (Å²) in [5.74, 6) is 0.811. The van der Waals surface area contributed by atoms with E-state index in [1.807, 2.05) is 0 Å². The highest BCUT2D eigenvalue weighted by atomic mass is 32.2. The van der Waals surface area contributed by atoms with Crippen LogP contribution in [0, 0.1) is 0 Å². The van der Waals surface area contributed by atoms with Crippen LogP contribution in [-0.2, 0) is 14.6 Å². The Kier molecular flexibility index (Phi) is 5.74. The van der Waals surface area contributed by atoms with Gasteiger partial charge in [-0.05, 0) is 24.6 Å². The van der Waals surface area contributed by atoms with Crippen molar-refractivity contribution in [2.75, 3.05) is 51.1 Å². The van der Waals surface area contributed by atoms with E-state index in [1.54, 1.807) is 31.6 Å². The van der Waals surface area contributed by atoms with Crippen LogP contribution in [0.25, 0.3) is 10.9 Å². The molecule has 2 heterocycles. The fraction of sp³-hybridized carbons (Fsp3) is 0.556. The average molecular weight is 378 g/mol. The molecule has 1 atom stereocenters. The molecule has 1 aromatic heterocycles. The largest absolute Gasteiger partial charge is 0.383 e. The molecule has 1 saturated heterocycles. The van der Waals surface area contributed by atoms with Crippen LogP contribution in [0.3, 0.4) is 0 Å². The second-order valence-electron chi connectivity index (χ2n) is 6.69. The van der Waals surface area contributed by atoms with E-state index in [9.17, 15) is 8.42 Å². The van der Waals surface area contributed by atoms with Crippen LogP contribution >= 0.6 is 0 Å². The smallest absolute Gasteiger partial charge is 0.175 e. The number of piperazine rings is 1. The van der Waals surface area contributed by atoms with Crippen molar-refractivity contribution in [2.24, 2.45) is 0 Å². The topological polar surface area (TPSA) is 75.6 Å². The van der Waals surface area contributed by atoms with E-state index in [2.05, 4.69) is 26.7 Å². The molecule has 0 radical (unpaired) electrons. The Hall–Kier alpha value is -1.77. The number of ether oxygens (including phenoxy) is 1. The molecule has 1 aliphatic rings. The fourth-order valence-corrected chi connectivity index (χ4v) is 4.13. The number of methoxy groups -OCH3 is 1. The molecule has 2 aromatic rings. The maximum Gasteiger partial charge on any atom is 0.175 e. The van der Waals surface area contributed by atoms with Crippen LogP contribution in [0.15, 0.2) is 29.4 Å². The molecule has 1 aromatic carbocycles. The Morgan fingerprint density at radius 3 is 2.77 bits per heavy atom. The fourth-order valence-electron chi connectivity index (χ4n) is 3.48. The summed E-state index contributed by atoms with van der Waals surface area (Å²) in [7, 11) is -1.55. The minimum atomic E-state index is -3.27. The maximum atomic E-state index is 11.9. The lowest BCUT2D eigenvalue weighted by Crippen LogP contribution is -2.54. The zero-order valence-electron chi connectivity index (χ0n) is 15.6. The van der Waals surface area contributed by atoms with E-state index >= 15 is 0 Å². The van der Waals surface area contributed by atoms with Crippen LogP contribution in [0.5, 0.6) is 0 Å². The number of anilines is 1. The molecule has 8 heteroatoms. The highest BCUT2D eigenvalue weighted by Gasteiger charge is 2.27. The monoisotopic (exact) mass is 378 g/mol. The second kappa shape index (κ2) is 7.85. The van der Waals surface area contributed by atoms with Crippen LogP contribution in [0.4, 0.5) is 5.82 Å². The number of benzene rings is 1. The molecule has 0 amide bonds. The molecular weight excluding hydrogens is 352 g/mol. The molecule has 0 bridgehead atoms. The first-order valence-corrected chi connectivity index (χ1v) is 10.8. The number of rotatable bonds is 6. The molecule has 142 valence electrons. The second-order valence-corrected chi connectivity index (χ2v) is 8.70.